The molecule has 2 atom stereocenters. The van der Waals surface area contributed by atoms with Gasteiger partial charge in [-0.3, -0.25) is 9.69 Å². The van der Waals surface area contributed by atoms with Gasteiger partial charge in [-0.25, -0.2) is 14.8 Å². The average molecular weight is 466 g/mol. The second-order valence-corrected chi connectivity index (χ2v) is 8.55. The predicted molar refractivity (Wildman–Crippen MR) is 124 cm³/mol. The lowest BCUT2D eigenvalue weighted by Crippen LogP contribution is -2.48. The van der Waals surface area contributed by atoms with E-state index in [0.29, 0.717) is 50.3 Å². The van der Waals surface area contributed by atoms with Gasteiger partial charge in [0.05, 0.1) is 11.7 Å². The minimum absolute atomic E-state index is 0.0996. The number of primary amides is 1. The number of hydrogen-bond donors (Lipinski definition) is 1. The normalized spacial score (nSPS) is 20.2. The van der Waals surface area contributed by atoms with Crippen molar-refractivity contribution in [3.05, 3.63) is 58.6 Å². The maximum Gasteiger partial charge on any atom is 0.404 e. The fourth-order valence-corrected chi connectivity index (χ4v) is 4.79. The lowest BCUT2D eigenvalue weighted by Gasteiger charge is -2.39. The molecule has 2 aromatic heterocycles. The summed E-state index contributed by atoms with van der Waals surface area (Å²) in [6, 6.07) is 9.74. The Hall–Kier alpha value is -3.66. The molecule has 0 aliphatic carbocycles. The van der Waals surface area contributed by atoms with Crippen LogP contribution in [0.4, 0.5) is 4.79 Å². The molecule has 0 spiro atoms. The largest absolute Gasteiger partial charge is 0.486 e. The van der Waals surface area contributed by atoms with Crippen molar-refractivity contribution >= 4 is 17.3 Å². The van der Waals surface area contributed by atoms with Gasteiger partial charge in [-0.1, -0.05) is 6.07 Å². The number of carbonyl (C=O) groups is 1. The maximum absolute atomic E-state index is 12.5. The number of benzene rings is 1. The molecular formula is C24H27N5O5. The first-order valence-electron chi connectivity index (χ1n) is 11.5. The number of likely N-dealkylation sites (tertiary alicyclic amines) is 1. The van der Waals surface area contributed by atoms with Crippen LogP contribution in [-0.4, -0.2) is 64.0 Å². The van der Waals surface area contributed by atoms with E-state index in [2.05, 4.69) is 14.9 Å². The smallest absolute Gasteiger partial charge is 0.404 e. The molecule has 1 saturated heterocycles. The third-order valence-electron chi connectivity index (χ3n) is 6.38. The van der Waals surface area contributed by atoms with Gasteiger partial charge in [-0.15, -0.1) is 0 Å². The van der Waals surface area contributed by atoms with E-state index in [-0.39, 0.29) is 17.7 Å². The number of rotatable bonds is 6. The molecular weight excluding hydrogens is 438 g/mol. The quantitative estimate of drug-likeness (QED) is 0.584. The van der Waals surface area contributed by atoms with Crippen LogP contribution in [0.5, 0.6) is 11.5 Å². The van der Waals surface area contributed by atoms with Crippen LogP contribution in [0, 0.1) is 0 Å². The number of piperidine rings is 1. The van der Waals surface area contributed by atoms with Crippen molar-refractivity contribution in [1.29, 1.82) is 0 Å². The van der Waals surface area contributed by atoms with E-state index in [4.69, 9.17) is 19.9 Å². The van der Waals surface area contributed by atoms with Crippen molar-refractivity contribution in [2.24, 2.45) is 5.73 Å². The lowest BCUT2D eigenvalue weighted by atomic mass is 9.93. The number of nitrogens with zero attached hydrogens (tertiary/aromatic N) is 4. The van der Waals surface area contributed by atoms with Gasteiger partial charge in [-0.05, 0) is 42.7 Å². The van der Waals surface area contributed by atoms with Gasteiger partial charge in [0.1, 0.15) is 19.3 Å². The standard InChI is InChI=1S/C24H27N5O5/c25-24(31)34-18-5-7-28(8-9-29-19-2-1-6-26-23(19)27-15-22(29)30)17(14-18)12-16-3-4-20-21(13-16)33-11-10-32-20/h1-4,6,13,15,17-18H,5,7-12,14H2,(H2,25,31). The highest BCUT2D eigenvalue weighted by atomic mass is 16.6. The topological polar surface area (TPSA) is 122 Å². The maximum atomic E-state index is 12.5. The highest BCUT2D eigenvalue weighted by Crippen LogP contribution is 2.32. The van der Waals surface area contributed by atoms with E-state index < -0.39 is 6.09 Å². The Bertz CT molecular complexity index is 1250. The van der Waals surface area contributed by atoms with Crippen molar-refractivity contribution in [3.8, 4) is 11.5 Å². The molecule has 1 aromatic carbocycles. The highest BCUT2D eigenvalue weighted by Gasteiger charge is 2.30. The minimum atomic E-state index is -0.751. The number of fused-ring (bicyclic) bond motifs is 2. The number of pyridine rings is 1. The third-order valence-corrected chi connectivity index (χ3v) is 6.38. The van der Waals surface area contributed by atoms with Gasteiger partial charge in [0.2, 0.25) is 0 Å². The van der Waals surface area contributed by atoms with Crippen molar-refractivity contribution in [2.75, 3.05) is 26.3 Å². The molecule has 3 aromatic rings. The zero-order valence-corrected chi connectivity index (χ0v) is 18.8. The van der Waals surface area contributed by atoms with Crippen LogP contribution in [0.15, 0.2) is 47.5 Å². The Morgan fingerprint density at radius 2 is 2.00 bits per heavy atom. The molecule has 0 bridgehead atoms. The second kappa shape index (κ2) is 9.68. The number of carbonyl (C=O) groups excluding carboxylic acids is 1. The van der Waals surface area contributed by atoms with E-state index in [9.17, 15) is 9.59 Å². The molecule has 10 heteroatoms. The summed E-state index contributed by atoms with van der Waals surface area (Å²) in [5.41, 5.74) is 7.49. The summed E-state index contributed by atoms with van der Waals surface area (Å²) in [6.07, 6.45) is 4.08. The van der Waals surface area contributed by atoms with Crippen LogP contribution < -0.4 is 20.8 Å². The molecule has 0 saturated carbocycles. The Morgan fingerprint density at radius 1 is 1.15 bits per heavy atom. The van der Waals surface area contributed by atoms with Crippen molar-refractivity contribution < 1.29 is 19.0 Å². The van der Waals surface area contributed by atoms with E-state index in [0.717, 1.165) is 30.0 Å². The summed E-state index contributed by atoms with van der Waals surface area (Å²) in [6.45, 7) is 2.97. The van der Waals surface area contributed by atoms with E-state index >= 15 is 0 Å². The SMILES string of the molecule is NC(=O)OC1CCN(CCn2c(=O)cnc3ncccc32)C(Cc2ccc3c(c2)OCCO3)C1. The number of aromatic nitrogens is 3. The second-order valence-electron chi connectivity index (χ2n) is 8.55. The molecule has 2 aliphatic heterocycles. The Morgan fingerprint density at radius 3 is 2.85 bits per heavy atom. The number of amides is 1. The van der Waals surface area contributed by atoms with Crippen LogP contribution in [-0.2, 0) is 17.7 Å². The van der Waals surface area contributed by atoms with Gasteiger partial charge in [-0.2, -0.15) is 0 Å². The van der Waals surface area contributed by atoms with Crippen LogP contribution >= 0.6 is 0 Å². The molecule has 34 heavy (non-hydrogen) atoms. The molecule has 178 valence electrons. The van der Waals surface area contributed by atoms with Gasteiger partial charge in [0.15, 0.2) is 17.1 Å². The summed E-state index contributed by atoms with van der Waals surface area (Å²) >= 11 is 0. The zero-order valence-electron chi connectivity index (χ0n) is 18.8. The van der Waals surface area contributed by atoms with Crippen molar-refractivity contribution in [3.63, 3.8) is 0 Å². The number of hydrogen-bond acceptors (Lipinski definition) is 8. The first-order valence-corrected chi connectivity index (χ1v) is 11.5. The summed E-state index contributed by atoms with van der Waals surface area (Å²) in [4.78, 5) is 34.6. The van der Waals surface area contributed by atoms with Crippen LogP contribution in [0.25, 0.3) is 11.2 Å². The molecule has 1 fully saturated rings. The Kier molecular flexibility index (Phi) is 6.31. The molecule has 2 aliphatic rings. The summed E-state index contributed by atoms with van der Waals surface area (Å²) in [5.74, 6) is 1.50. The third kappa shape index (κ3) is 4.81. The Balaban J connectivity index is 1.35. The van der Waals surface area contributed by atoms with E-state index in [1.807, 2.05) is 24.3 Å². The lowest BCUT2D eigenvalue weighted by molar-refractivity contribution is 0.0253. The summed E-state index contributed by atoms with van der Waals surface area (Å²) < 4.78 is 18.4. The van der Waals surface area contributed by atoms with Gasteiger partial charge in [0, 0.05) is 38.3 Å². The molecule has 0 radical (unpaired) electrons. The fourth-order valence-electron chi connectivity index (χ4n) is 4.79. The highest BCUT2D eigenvalue weighted by molar-refractivity contribution is 5.69. The summed E-state index contributed by atoms with van der Waals surface area (Å²) in [7, 11) is 0. The van der Waals surface area contributed by atoms with E-state index in [1.54, 1.807) is 16.8 Å². The van der Waals surface area contributed by atoms with Gasteiger partial charge < -0.3 is 24.5 Å². The van der Waals surface area contributed by atoms with Crippen LogP contribution in [0.2, 0.25) is 0 Å². The van der Waals surface area contributed by atoms with Crippen LogP contribution in [0.1, 0.15) is 18.4 Å². The molecule has 1 amide bonds. The van der Waals surface area contributed by atoms with Gasteiger partial charge in [0.25, 0.3) is 5.56 Å². The van der Waals surface area contributed by atoms with Crippen molar-refractivity contribution in [1.82, 2.24) is 19.4 Å². The van der Waals surface area contributed by atoms with E-state index in [1.165, 1.54) is 6.20 Å². The molecule has 4 heterocycles. The molecule has 10 nitrogen and oxygen atoms in total. The first kappa shape index (κ1) is 22.1. The predicted octanol–water partition coefficient (Wildman–Crippen LogP) is 1.73. The minimum Gasteiger partial charge on any atom is -0.486 e. The monoisotopic (exact) mass is 465 g/mol. The number of nitrogens with two attached hydrogens (primary N) is 1. The number of ether oxygens (including phenoxy) is 3. The molecule has 5 rings (SSSR count). The average Bonchev–Trinajstić information content (AvgIpc) is 2.84. The molecule has 2 N–H and O–H groups in total. The molecule has 2 unspecified atom stereocenters. The van der Waals surface area contributed by atoms with Crippen LogP contribution in [0.3, 0.4) is 0 Å². The fraction of sp³-hybridized carbons (Fsp3) is 0.417. The van der Waals surface area contributed by atoms with Crippen molar-refractivity contribution in [2.45, 2.75) is 38.0 Å². The van der Waals surface area contributed by atoms with Gasteiger partial charge >= 0.3 is 6.09 Å². The summed E-state index contributed by atoms with van der Waals surface area (Å²) in [5, 5.41) is 0. The Labute approximate surface area is 196 Å². The first-order chi connectivity index (χ1) is 16.6. The zero-order chi connectivity index (χ0) is 23.5.